The summed E-state index contributed by atoms with van der Waals surface area (Å²) in [5.41, 5.74) is 4.14. The SMILES string of the molecule is [2H]C([2H])(c1ccnc(-c2ccc3cnc4cccc5oc2c3c45)c1)C(C)(C)C. The Morgan fingerprint density at radius 1 is 1.04 bits per heavy atom. The van der Waals surface area contributed by atoms with Crippen LogP contribution < -0.4 is 0 Å². The second-order valence-electron chi connectivity index (χ2n) is 7.72. The molecule has 0 unspecified atom stereocenters. The lowest BCUT2D eigenvalue weighted by molar-refractivity contribution is 0.411. The summed E-state index contributed by atoms with van der Waals surface area (Å²) in [5, 5.41) is 3.10. The van der Waals surface area contributed by atoms with Gasteiger partial charge in [0.25, 0.3) is 0 Å². The smallest absolute Gasteiger partial charge is 0.145 e. The molecule has 128 valence electrons. The van der Waals surface area contributed by atoms with Crippen LogP contribution in [0.2, 0.25) is 0 Å². The Morgan fingerprint density at radius 3 is 2.77 bits per heavy atom. The molecule has 0 spiro atoms. The van der Waals surface area contributed by atoms with E-state index in [1.165, 1.54) is 0 Å². The van der Waals surface area contributed by atoms with Gasteiger partial charge in [-0.05, 0) is 47.7 Å². The van der Waals surface area contributed by atoms with E-state index >= 15 is 0 Å². The van der Waals surface area contributed by atoms with E-state index in [1.54, 1.807) is 12.3 Å². The number of benzene rings is 2. The second-order valence-corrected chi connectivity index (χ2v) is 7.72. The van der Waals surface area contributed by atoms with Gasteiger partial charge in [0.1, 0.15) is 11.2 Å². The molecule has 0 aliphatic heterocycles. The zero-order valence-corrected chi connectivity index (χ0v) is 15.0. The van der Waals surface area contributed by atoms with Gasteiger partial charge in [0, 0.05) is 31.5 Å². The van der Waals surface area contributed by atoms with Crippen molar-refractivity contribution in [2.75, 3.05) is 0 Å². The van der Waals surface area contributed by atoms with Crippen molar-refractivity contribution in [3.05, 3.63) is 60.4 Å². The van der Waals surface area contributed by atoms with Crippen molar-refractivity contribution in [3.8, 4) is 11.3 Å². The van der Waals surface area contributed by atoms with E-state index in [0.29, 0.717) is 11.3 Å². The maximum absolute atomic E-state index is 8.60. The van der Waals surface area contributed by atoms with Gasteiger partial charge in [-0.15, -0.1) is 0 Å². The molecule has 0 aliphatic carbocycles. The van der Waals surface area contributed by atoms with Crippen LogP contribution in [0.25, 0.3) is 44.1 Å². The Kier molecular flexibility index (Phi) is 2.70. The van der Waals surface area contributed by atoms with E-state index in [-0.39, 0.29) is 0 Å². The van der Waals surface area contributed by atoms with Crippen molar-refractivity contribution < 1.29 is 7.16 Å². The third-order valence-corrected chi connectivity index (χ3v) is 4.55. The number of furan rings is 1. The van der Waals surface area contributed by atoms with Crippen LogP contribution >= 0.6 is 0 Å². The van der Waals surface area contributed by atoms with Crippen molar-refractivity contribution in [3.63, 3.8) is 0 Å². The summed E-state index contributed by atoms with van der Waals surface area (Å²) < 4.78 is 23.4. The van der Waals surface area contributed by atoms with Crippen LogP contribution in [0.15, 0.2) is 59.3 Å². The summed E-state index contributed by atoms with van der Waals surface area (Å²) in [4.78, 5) is 9.07. The normalized spacial score (nSPS) is 14.3. The number of nitrogens with zero attached hydrogens (tertiary/aromatic N) is 2. The first-order valence-electron chi connectivity index (χ1n) is 9.76. The highest BCUT2D eigenvalue weighted by molar-refractivity contribution is 6.22. The molecular weight excluding hydrogens is 320 g/mol. The quantitative estimate of drug-likeness (QED) is 0.357. The predicted molar refractivity (Wildman–Crippen MR) is 107 cm³/mol. The predicted octanol–water partition coefficient (Wildman–Crippen LogP) is 6.22. The van der Waals surface area contributed by atoms with E-state index in [9.17, 15) is 0 Å². The monoisotopic (exact) mass is 342 g/mol. The molecule has 0 saturated carbocycles. The summed E-state index contributed by atoms with van der Waals surface area (Å²) in [6, 6.07) is 13.5. The van der Waals surface area contributed by atoms with E-state index < -0.39 is 11.8 Å². The van der Waals surface area contributed by atoms with Crippen LogP contribution in [0.4, 0.5) is 0 Å². The lowest BCUT2D eigenvalue weighted by atomic mass is 9.88. The number of pyridine rings is 2. The highest BCUT2D eigenvalue weighted by atomic mass is 16.3. The van der Waals surface area contributed by atoms with Gasteiger partial charge in [0.15, 0.2) is 0 Å². The van der Waals surface area contributed by atoms with Crippen molar-refractivity contribution in [1.29, 1.82) is 0 Å². The molecule has 5 rings (SSSR count). The van der Waals surface area contributed by atoms with E-state index in [4.69, 9.17) is 7.16 Å². The molecule has 3 heterocycles. The first-order chi connectivity index (χ1) is 13.3. The third kappa shape index (κ3) is 2.35. The molecule has 0 amide bonds. The average molecular weight is 342 g/mol. The highest BCUT2D eigenvalue weighted by Crippen LogP contribution is 2.40. The Hall–Kier alpha value is -2.94. The molecule has 3 heteroatoms. The Bertz CT molecular complexity index is 1330. The van der Waals surface area contributed by atoms with Gasteiger partial charge in [0.2, 0.25) is 0 Å². The van der Waals surface area contributed by atoms with Crippen LogP contribution in [0.3, 0.4) is 0 Å². The lowest BCUT2D eigenvalue weighted by Crippen LogP contribution is -2.09. The van der Waals surface area contributed by atoms with E-state index in [1.807, 2.05) is 63.4 Å². The number of rotatable bonds is 2. The van der Waals surface area contributed by atoms with Gasteiger partial charge >= 0.3 is 0 Å². The van der Waals surface area contributed by atoms with Crippen LogP contribution in [0.1, 0.15) is 29.1 Å². The molecule has 0 N–H and O–H groups in total. The molecule has 2 aromatic carbocycles. The molecule has 3 aromatic heterocycles. The molecule has 0 bridgehead atoms. The number of hydrogen-bond acceptors (Lipinski definition) is 3. The van der Waals surface area contributed by atoms with Crippen molar-refractivity contribution in [1.82, 2.24) is 9.97 Å². The van der Waals surface area contributed by atoms with Gasteiger partial charge < -0.3 is 4.42 Å². The molecular formula is C23H20N2O. The fourth-order valence-corrected chi connectivity index (χ4v) is 3.57. The molecule has 26 heavy (non-hydrogen) atoms. The zero-order valence-electron chi connectivity index (χ0n) is 17.0. The Morgan fingerprint density at radius 2 is 1.92 bits per heavy atom. The Balaban J connectivity index is 1.78. The first kappa shape index (κ1) is 13.3. The maximum Gasteiger partial charge on any atom is 0.145 e. The molecule has 0 aliphatic rings. The van der Waals surface area contributed by atoms with Gasteiger partial charge in [-0.1, -0.05) is 32.9 Å². The topological polar surface area (TPSA) is 38.9 Å². The number of hydrogen-bond donors (Lipinski definition) is 0. The number of aromatic nitrogens is 2. The minimum Gasteiger partial charge on any atom is -0.455 e. The summed E-state index contributed by atoms with van der Waals surface area (Å²) in [6.07, 6.45) is 2.06. The highest BCUT2D eigenvalue weighted by Gasteiger charge is 2.18. The maximum atomic E-state index is 8.60. The summed E-state index contributed by atoms with van der Waals surface area (Å²) >= 11 is 0. The van der Waals surface area contributed by atoms with Crippen LogP contribution in [0, 0.1) is 5.41 Å². The van der Waals surface area contributed by atoms with Crippen molar-refractivity contribution >= 4 is 32.8 Å². The van der Waals surface area contributed by atoms with Gasteiger partial charge in [-0.25, -0.2) is 0 Å². The molecule has 3 nitrogen and oxygen atoms in total. The van der Waals surface area contributed by atoms with E-state index in [0.717, 1.165) is 38.4 Å². The summed E-state index contributed by atoms with van der Waals surface area (Å²) in [7, 11) is 0. The van der Waals surface area contributed by atoms with Gasteiger partial charge in [-0.2, -0.15) is 0 Å². The minimum absolute atomic E-state index is 0.531. The fourth-order valence-electron chi connectivity index (χ4n) is 3.57. The Labute approximate surface area is 154 Å². The standard InChI is InChI=1S/C23H20N2O/c1-23(2,3)12-14-9-10-24-18(11-14)16-8-7-15-13-25-17-5-4-6-19-21(17)20(15)22(16)26-19/h4-11,13H,12H2,1-3H3/i12D2. The van der Waals surface area contributed by atoms with Crippen molar-refractivity contribution in [2.24, 2.45) is 5.41 Å². The second kappa shape index (κ2) is 5.28. The van der Waals surface area contributed by atoms with Crippen LogP contribution in [0.5, 0.6) is 0 Å². The first-order valence-corrected chi connectivity index (χ1v) is 8.76. The molecule has 5 aromatic rings. The van der Waals surface area contributed by atoms with Crippen LogP contribution in [-0.4, -0.2) is 9.97 Å². The largest absolute Gasteiger partial charge is 0.455 e. The minimum atomic E-state index is -1.48. The zero-order chi connectivity index (χ0) is 19.7. The average Bonchev–Trinajstić information content (AvgIpc) is 3.06. The molecule has 0 radical (unpaired) electrons. The summed E-state index contributed by atoms with van der Waals surface area (Å²) in [6.45, 7) is 5.73. The van der Waals surface area contributed by atoms with E-state index in [2.05, 4.69) is 9.97 Å². The van der Waals surface area contributed by atoms with Gasteiger partial charge in [-0.3, -0.25) is 9.97 Å². The lowest BCUT2D eigenvalue weighted by Gasteiger charge is -2.18. The van der Waals surface area contributed by atoms with Gasteiger partial charge in [0.05, 0.1) is 16.6 Å². The fraction of sp³-hybridized carbons (Fsp3) is 0.217. The third-order valence-electron chi connectivity index (χ3n) is 4.55. The van der Waals surface area contributed by atoms with Crippen LogP contribution in [-0.2, 0) is 6.37 Å². The molecule has 0 saturated heterocycles. The van der Waals surface area contributed by atoms with Crippen molar-refractivity contribution in [2.45, 2.75) is 27.1 Å². The molecule has 0 atom stereocenters. The summed E-state index contributed by atoms with van der Waals surface area (Å²) in [5.74, 6) is 0. The molecule has 0 fully saturated rings.